The standard InChI is InChI=1S/C9H16N2O3S/c1-7(6-10)11(3)15(12,13)9-5-4-8(2)14-9/h4-5,7H,6,10H2,1-3H3. The van der Waals surface area contributed by atoms with Gasteiger partial charge in [0.15, 0.2) is 0 Å². The molecule has 0 aliphatic rings. The highest BCUT2D eigenvalue weighted by atomic mass is 32.2. The average Bonchev–Trinajstić information content (AvgIpc) is 2.63. The lowest BCUT2D eigenvalue weighted by Crippen LogP contribution is -2.39. The highest BCUT2D eigenvalue weighted by molar-refractivity contribution is 7.89. The molecule has 86 valence electrons. The summed E-state index contributed by atoms with van der Waals surface area (Å²) in [5, 5.41) is -0.0391. The lowest BCUT2D eigenvalue weighted by atomic mass is 10.4. The van der Waals surface area contributed by atoms with E-state index >= 15 is 0 Å². The number of sulfonamides is 1. The normalized spacial score (nSPS) is 14.5. The predicted molar refractivity (Wildman–Crippen MR) is 56.9 cm³/mol. The third-order valence-electron chi connectivity index (χ3n) is 2.31. The summed E-state index contributed by atoms with van der Waals surface area (Å²) in [6.07, 6.45) is 0. The highest BCUT2D eigenvalue weighted by Gasteiger charge is 2.27. The molecule has 1 atom stereocenters. The summed E-state index contributed by atoms with van der Waals surface area (Å²) in [6.45, 7) is 3.72. The van der Waals surface area contributed by atoms with Crippen molar-refractivity contribution >= 4 is 10.0 Å². The minimum Gasteiger partial charge on any atom is -0.449 e. The highest BCUT2D eigenvalue weighted by Crippen LogP contribution is 2.18. The molecule has 0 amide bonds. The fourth-order valence-corrected chi connectivity index (χ4v) is 2.40. The predicted octanol–water partition coefficient (Wildman–Crippen LogP) is 0.556. The Morgan fingerprint density at radius 2 is 2.13 bits per heavy atom. The first-order chi connectivity index (χ1) is 6.89. The van der Waals surface area contributed by atoms with Crippen LogP contribution in [0.2, 0.25) is 0 Å². The van der Waals surface area contributed by atoms with E-state index in [1.54, 1.807) is 19.9 Å². The minimum absolute atomic E-state index is 0.0391. The number of likely N-dealkylation sites (N-methyl/N-ethyl adjacent to an activating group) is 1. The topological polar surface area (TPSA) is 76.5 Å². The molecule has 1 rings (SSSR count). The van der Waals surface area contributed by atoms with Crippen LogP contribution in [0.1, 0.15) is 12.7 Å². The third-order valence-corrected chi connectivity index (χ3v) is 4.16. The summed E-state index contributed by atoms with van der Waals surface area (Å²) in [4.78, 5) is 0. The summed E-state index contributed by atoms with van der Waals surface area (Å²) in [5.74, 6) is 0.572. The molecule has 5 nitrogen and oxygen atoms in total. The van der Waals surface area contributed by atoms with Crippen molar-refractivity contribution in [3.63, 3.8) is 0 Å². The van der Waals surface area contributed by atoms with Crippen LogP contribution in [0.4, 0.5) is 0 Å². The van der Waals surface area contributed by atoms with Crippen LogP contribution in [-0.4, -0.2) is 32.4 Å². The molecule has 2 N–H and O–H groups in total. The maximum absolute atomic E-state index is 11.9. The molecule has 0 aliphatic heterocycles. The van der Waals surface area contributed by atoms with Gasteiger partial charge in [-0.3, -0.25) is 0 Å². The molecule has 1 unspecified atom stereocenters. The quantitative estimate of drug-likeness (QED) is 0.822. The Morgan fingerprint density at radius 3 is 2.53 bits per heavy atom. The zero-order valence-electron chi connectivity index (χ0n) is 9.10. The monoisotopic (exact) mass is 232 g/mol. The van der Waals surface area contributed by atoms with Crippen molar-refractivity contribution in [2.24, 2.45) is 5.73 Å². The van der Waals surface area contributed by atoms with Crippen LogP contribution in [0.5, 0.6) is 0 Å². The van der Waals surface area contributed by atoms with E-state index in [1.807, 2.05) is 0 Å². The van der Waals surface area contributed by atoms with Gasteiger partial charge in [0.1, 0.15) is 5.76 Å². The van der Waals surface area contributed by atoms with E-state index in [9.17, 15) is 8.42 Å². The lowest BCUT2D eigenvalue weighted by molar-refractivity contribution is 0.362. The molecule has 0 saturated heterocycles. The fourth-order valence-electron chi connectivity index (χ4n) is 1.08. The van der Waals surface area contributed by atoms with Gasteiger partial charge in [0.05, 0.1) is 0 Å². The number of furan rings is 1. The van der Waals surface area contributed by atoms with Gasteiger partial charge in [-0.1, -0.05) is 0 Å². The van der Waals surface area contributed by atoms with E-state index in [2.05, 4.69) is 0 Å². The molecule has 1 aromatic heterocycles. The van der Waals surface area contributed by atoms with Crippen molar-refractivity contribution in [2.45, 2.75) is 25.0 Å². The molecule has 6 heteroatoms. The van der Waals surface area contributed by atoms with Crippen LogP contribution in [0.25, 0.3) is 0 Å². The molecular weight excluding hydrogens is 216 g/mol. The average molecular weight is 232 g/mol. The molecular formula is C9H16N2O3S. The van der Waals surface area contributed by atoms with Gasteiger partial charge in [-0.25, -0.2) is 8.42 Å². The molecule has 0 bridgehead atoms. The number of rotatable bonds is 4. The van der Waals surface area contributed by atoms with E-state index in [0.717, 1.165) is 0 Å². The second-order valence-electron chi connectivity index (χ2n) is 3.47. The number of nitrogens with zero attached hydrogens (tertiary/aromatic N) is 1. The summed E-state index contributed by atoms with van der Waals surface area (Å²) in [5.41, 5.74) is 5.42. The van der Waals surface area contributed by atoms with Crippen molar-refractivity contribution in [1.82, 2.24) is 4.31 Å². The van der Waals surface area contributed by atoms with E-state index in [0.29, 0.717) is 5.76 Å². The maximum Gasteiger partial charge on any atom is 0.276 e. The second-order valence-corrected chi connectivity index (χ2v) is 5.40. The zero-order valence-corrected chi connectivity index (χ0v) is 9.91. The second kappa shape index (κ2) is 4.34. The van der Waals surface area contributed by atoms with Crippen molar-refractivity contribution in [3.8, 4) is 0 Å². The van der Waals surface area contributed by atoms with Gasteiger partial charge in [-0.05, 0) is 26.0 Å². The van der Waals surface area contributed by atoms with Crippen LogP contribution < -0.4 is 5.73 Å². The molecule has 0 radical (unpaired) electrons. The first-order valence-electron chi connectivity index (χ1n) is 4.64. The summed E-state index contributed by atoms with van der Waals surface area (Å²) < 4.78 is 30.2. The third kappa shape index (κ3) is 2.39. The SMILES string of the molecule is Cc1ccc(S(=O)(=O)N(C)C(C)CN)o1. The van der Waals surface area contributed by atoms with Crippen LogP contribution in [0.15, 0.2) is 21.6 Å². The number of hydrogen-bond acceptors (Lipinski definition) is 4. The van der Waals surface area contributed by atoms with Crippen molar-refractivity contribution in [3.05, 3.63) is 17.9 Å². The van der Waals surface area contributed by atoms with E-state index in [1.165, 1.54) is 17.4 Å². The Labute approximate surface area is 89.9 Å². The summed E-state index contributed by atoms with van der Waals surface area (Å²) in [6, 6.07) is 2.82. The van der Waals surface area contributed by atoms with Gasteiger partial charge in [-0.15, -0.1) is 0 Å². The molecule has 0 aliphatic carbocycles. The van der Waals surface area contributed by atoms with Gasteiger partial charge < -0.3 is 10.2 Å². The van der Waals surface area contributed by atoms with Crippen molar-refractivity contribution in [1.29, 1.82) is 0 Å². The van der Waals surface area contributed by atoms with E-state index in [4.69, 9.17) is 10.2 Å². The smallest absolute Gasteiger partial charge is 0.276 e. The molecule has 15 heavy (non-hydrogen) atoms. The largest absolute Gasteiger partial charge is 0.449 e. The zero-order chi connectivity index (χ0) is 11.6. The Morgan fingerprint density at radius 1 is 1.53 bits per heavy atom. The molecule has 0 spiro atoms. The van der Waals surface area contributed by atoms with Crippen LogP contribution in [-0.2, 0) is 10.0 Å². The molecule has 0 aromatic carbocycles. The van der Waals surface area contributed by atoms with Gasteiger partial charge in [0.2, 0.25) is 5.09 Å². The molecule has 0 fully saturated rings. The molecule has 0 saturated carbocycles. The van der Waals surface area contributed by atoms with E-state index < -0.39 is 10.0 Å². The Hall–Kier alpha value is -0.850. The first-order valence-corrected chi connectivity index (χ1v) is 6.08. The van der Waals surface area contributed by atoms with Crippen LogP contribution in [0, 0.1) is 6.92 Å². The number of hydrogen-bond donors (Lipinski definition) is 1. The maximum atomic E-state index is 11.9. The Balaban J connectivity index is 3.03. The number of aryl methyl sites for hydroxylation is 1. The Kier molecular flexibility index (Phi) is 3.54. The molecule has 1 heterocycles. The van der Waals surface area contributed by atoms with Gasteiger partial charge in [0.25, 0.3) is 10.0 Å². The Bertz CT molecular complexity index is 424. The number of nitrogens with two attached hydrogens (primary N) is 1. The first kappa shape index (κ1) is 12.2. The summed E-state index contributed by atoms with van der Waals surface area (Å²) in [7, 11) is -2.05. The summed E-state index contributed by atoms with van der Waals surface area (Å²) >= 11 is 0. The van der Waals surface area contributed by atoms with E-state index in [-0.39, 0.29) is 17.7 Å². The van der Waals surface area contributed by atoms with Crippen molar-refractivity contribution in [2.75, 3.05) is 13.6 Å². The van der Waals surface area contributed by atoms with Crippen LogP contribution in [0.3, 0.4) is 0 Å². The van der Waals surface area contributed by atoms with Gasteiger partial charge >= 0.3 is 0 Å². The fraction of sp³-hybridized carbons (Fsp3) is 0.556. The lowest BCUT2D eigenvalue weighted by Gasteiger charge is -2.21. The minimum atomic E-state index is -3.54. The van der Waals surface area contributed by atoms with Crippen molar-refractivity contribution < 1.29 is 12.8 Å². The molecule has 1 aromatic rings. The van der Waals surface area contributed by atoms with Crippen LogP contribution >= 0.6 is 0 Å². The van der Waals surface area contributed by atoms with Gasteiger partial charge in [0, 0.05) is 19.6 Å². The van der Waals surface area contributed by atoms with Gasteiger partial charge in [-0.2, -0.15) is 4.31 Å².